The lowest BCUT2D eigenvalue weighted by Gasteiger charge is -2.05. The predicted molar refractivity (Wildman–Crippen MR) is 85.7 cm³/mol. The van der Waals surface area contributed by atoms with Crippen LogP contribution in [0, 0.1) is 6.92 Å². The van der Waals surface area contributed by atoms with Crippen LogP contribution in [0.2, 0.25) is 0 Å². The van der Waals surface area contributed by atoms with E-state index in [2.05, 4.69) is 17.0 Å². The van der Waals surface area contributed by atoms with E-state index in [0.717, 1.165) is 22.3 Å². The highest BCUT2D eigenvalue weighted by Gasteiger charge is 2.20. The summed E-state index contributed by atoms with van der Waals surface area (Å²) in [5.74, 6) is -0.166. The highest BCUT2D eigenvalue weighted by atomic mass is 32.1. The number of nitrogens with zero attached hydrogens (tertiary/aromatic N) is 2. The average Bonchev–Trinajstić information content (AvgIpc) is 2.93. The van der Waals surface area contributed by atoms with Gasteiger partial charge < -0.3 is 15.8 Å². The Balaban J connectivity index is 1.98. The van der Waals surface area contributed by atoms with E-state index in [4.69, 9.17) is 10.5 Å². The highest BCUT2D eigenvalue weighted by molar-refractivity contribution is 7.21. The van der Waals surface area contributed by atoms with Crippen LogP contribution in [0.25, 0.3) is 10.2 Å². The number of carbonyl (C=O) groups excluding carboxylic acids is 1. The number of fused-ring (bicyclic) bond motifs is 1. The molecule has 0 fully saturated rings. The summed E-state index contributed by atoms with van der Waals surface area (Å²) in [6, 6.07) is 0. The molecule has 0 aliphatic carbocycles. The second kappa shape index (κ2) is 6.73. The molecule has 0 spiro atoms. The third kappa shape index (κ3) is 3.25. The quantitative estimate of drug-likeness (QED) is 0.604. The molecule has 21 heavy (non-hydrogen) atoms. The van der Waals surface area contributed by atoms with Gasteiger partial charge in [0, 0.05) is 13.6 Å². The lowest BCUT2D eigenvalue weighted by atomic mass is 10.2. The van der Waals surface area contributed by atoms with Gasteiger partial charge in [0.1, 0.15) is 9.71 Å². The van der Waals surface area contributed by atoms with Crippen LogP contribution < -0.4 is 11.1 Å². The van der Waals surface area contributed by atoms with Crippen molar-refractivity contribution in [2.75, 3.05) is 25.5 Å². The fraction of sp³-hybridized carbons (Fsp3) is 0.429. The van der Waals surface area contributed by atoms with Crippen LogP contribution >= 0.6 is 11.3 Å². The molecule has 2 aromatic heterocycles. The lowest BCUT2D eigenvalue weighted by molar-refractivity contribution is 0.0922. The van der Waals surface area contributed by atoms with Crippen molar-refractivity contribution in [2.24, 2.45) is 7.05 Å². The van der Waals surface area contributed by atoms with Crippen LogP contribution in [0.4, 0.5) is 5.69 Å². The minimum atomic E-state index is -0.166. The first-order valence-electron chi connectivity index (χ1n) is 6.74. The summed E-state index contributed by atoms with van der Waals surface area (Å²) >= 11 is 1.36. The summed E-state index contributed by atoms with van der Waals surface area (Å²) < 4.78 is 7.10. The molecule has 2 rings (SSSR count). The molecule has 0 saturated carbocycles. The van der Waals surface area contributed by atoms with Crippen molar-refractivity contribution in [1.29, 1.82) is 0 Å². The fourth-order valence-corrected chi connectivity index (χ4v) is 3.19. The number of hydrogen-bond acceptors (Lipinski definition) is 5. The van der Waals surface area contributed by atoms with Crippen molar-refractivity contribution < 1.29 is 9.53 Å². The van der Waals surface area contributed by atoms with Gasteiger partial charge in [0.25, 0.3) is 5.91 Å². The second-order valence-corrected chi connectivity index (χ2v) is 5.68. The molecule has 0 saturated heterocycles. The molecule has 2 aromatic rings. The Morgan fingerprint density at radius 1 is 1.57 bits per heavy atom. The monoisotopic (exact) mass is 308 g/mol. The number of ether oxygens (including phenoxy) is 1. The molecule has 0 unspecified atom stereocenters. The fourth-order valence-electron chi connectivity index (χ4n) is 2.08. The Morgan fingerprint density at radius 2 is 2.33 bits per heavy atom. The molecule has 1 amide bonds. The normalized spacial score (nSPS) is 11.0. The number of thiophene rings is 1. The summed E-state index contributed by atoms with van der Waals surface area (Å²) in [7, 11) is 1.85. The molecular formula is C14H20N4O2S. The Hall–Kier alpha value is -1.86. The predicted octanol–water partition coefficient (Wildman–Crippen LogP) is 1.85. The third-order valence-electron chi connectivity index (χ3n) is 3.09. The molecule has 0 aliphatic rings. The first-order chi connectivity index (χ1) is 10.1. The Morgan fingerprint density at radius 3 is 3.00 bits per heavy atom. The third-order valence-corrected chi connectivity index (χ3v) is 4.36. The number of nitrogen functional groups attached to an aromatic ring is 1. The number of nitrogens with one attached hydrogen (secondary N) is 1. The van der Waals surface area contributed by atoms with Crippen molar-refractivity contribution in [3.05, 3.63) is 23.2 Å². The number of carbonyl (C=O) groups is 1. The van der Waals surface area contributed by atoms with Gasteiger partial charge in [-0.15, -0.1) is 17.9 Å². The maximum absolute atomic E-state index is 12.2. The first-order valence-corrected chi connectivity index (χ1v) is 7.56. The Labute approximate surface area is 127 Å². The second-order valence-electron chi connectivity index (χ2n) is 4.68. The van der Waals surface area contributed by atoms with E-state index < -0.39 is 0 Å². The largest absolute Gasteiger partial charge is 0.397 e. The lowest BCUT2D eigenvalue weighted by Crippen LogP contribution is -2.27. The van der Waals surface area contributed by atoms with Crippen LogP contribution in [-0.4, -0.2) is 35.4 Å². The molecular weight excluding hydrogens is 288 g/mol. The molecule has 3 N–H and O–H groups in total. The number of aromatic nitrogens is 2. The highest BCUT2D eigenvalue weighted by Crippen LogP contribution is 2.35. The SMILES string of the molecule is C=CCCOCCNC(=O)c1sc2c(c(C)nn2C)c1N. The van der Waals surface area contributed by atoms with Crippen LogP contribution in [0.1, 0.15) is 21.8 Å². The minimum absolute atomic E-state index is 0.166. The van der Waals surface area contributed by atoms with Crippen LogP contribution in [0.5, 0.6) is 0 Å². The summed E-state index contributed by atoms with van der Waals surface area (Å²) in [6.07, 6.45) is 2.61. The molecule has 6 nitrogen and oxygen atoms in total. The zero-order valence-electron chi connectivity index (χ0n) is 12.3. The van der Waals surface area contributed by atoms with E-state index >= 15 is 0 Å². The van der Waals surface area contributed by atoms with Gasteiger partial charge in [-0.05, 0) is 13.3 Å². The summed E-state index contributed by atoms with van der Waals surface area (Å²) in [5, 5.41) is 7.99. The number of anilines is 1. The maximum Gasteiger partial charge on any atom is 0.263 e. The molecule has 0 radical (unpaired) electrons. The van der Waals surface area contributed by atoms with E-state index in [-0.39, 0.29) is 5.91 Å². The number of hydrogen-bond donors (Lipinski definition) is 2. The molecule has 0 atom stereocenters. The van der Waals surface area contributed by atoms with E-state index in [9.17, 15) is 4.79 Å². The number of aryl methyl sites for hydroxylation is 2. The van der Waals surface area contributed by atoms with Gasteiger partial charge in [-0.1, -0.05) is 6.08 Å². The molecule has 0 aromatic carbocycles. The molecule has 7 heteroatoms. The maximum atomic E-state index is 12.2. The minimum Gasteiger partial charge on any atom is -0.397 e. The van der Waals surface area contributed by atoms with Crippen molar-refractivity contribution in [3.8, 4) is 0 Å². The molecule has 2 heterocycles. The standard InChI is InChI=1S/C14H20N4O2S/c1-4-5-7-20-8-6-16-13(19)12-11(15)10-9(2)17-18(3)14(10)21-12/h4H,1,5-8,15H2,2-3H3,(H,16,19). The Bertz CT molecular complexity index is 660. The van der Waals surface area contributed by atoms with Gasteiger partial charge in [0.05, 0.1) is 30.0 Å². The van der Waals surface area contributed by atoms with Gasteiger partial charge in [0.15, 0.2) is 0 Å². The first kappa shape index (κ1) is 15.5. The molecule has 0 aliphatic heterocycles. The van der Waals surface area contributed by atoms with Gasteiger partial charge in [-0.3, -0.25) is 9.48 Å². The van der Waals surface area contributed by atoms with Crippen molar-refractivity contribution in [2.45, 2.75) is 13.3 Å². The van der Waals surface area contributed by atoms with E-state index in [1.807, 2.05) is 14.0 Å². The van der Waals surface area contributed by atoms with E-state index in [0.29, 0.717) is 30.3 Å². The van der Waals surface area contributed by atoms with Gasteiger partial charge >= 0.3 is 0 Å². The van der Waals surface area contributed by atoms with Crippen molar-refractivity contribution >= 4 is 33.1 Å². The zero-order valence-corrected chi connectivity index (χ0v) is 13.1. The average molecular weight is 308 g/mol. The van der Waals surface area contributed by atoms with Gasteiger partial charge in [-0.25, -0.2) is 0 Å². The molecule has 114 valence electrons. The van der Waals surface area contributed by atoms with E-state index in [1.54, 1.807) is 10.8 Å². The zero-order chi connectivity index (χ0) is 15.4. The summed E-state index contributed by atoms with van der Waals surface area (Å²) in [6.45, 7) is 7.06. The van der Waals surface area contributed by atoms with Gasteiger partial charge in [0.2, 0.25) is 0 Å². The van der Waals surface area contributed by atoms with Crippen molar-refractivity contribution in [3.63, 3.8) is 0 Å². The van der Waals surface area contributed by atoms with Crippen LogP contribution in [0.15, 0.2) is 12.7 Å². The molecule has 0 bridgehead atoms. The summed E-state index contributed by atoms with van der Waals surface area (Å²) in [5.41, 5.74) is 7.42. The number of nitrogens with two attached hydrogens (primary N) is 1. The summed E-state index contributed by atoms with van der Waals surface area (Å²) in [4.78, 5) is 13.6. The number of rotatable bonds is 7. The van der Waals surface area contributed by atoms with Crippen LogP contribution in [-0.2, 0) is 11.8 Å². The van der Waals surface area contributed by atoms with Crippen LogP contribution in [0.3, 0.4) is 0 Å². The van der Waals surface area contributed by atoms with E-state index in [1.165, 1.54) is 11.3 Å². The number of amides is 1. The Kier molecular flexibility index (Phi) is 4.98. The smallest absolute Gasteiger partial charge is 0.263 e. The van der Waals surface area contributed by atoms with Crippen molar-refractivity contribution in [1.82, 2.24) is 15.1 Å². The topological polar surface area (TPSA) is 82.2 Å². The van der Waals surface area contributed by atoms with Gasteiger partial charge in [-0.2, -0.15) is 5.10 Å².